The molecule has 9 heteroatoms. The van der Waals surface area contributed by atoms with Crippen LogP contribution in [-0.4, -0.2) is 29.7 Å². The molecule has 3 rings (SSSR count). The number of carbonyl (C=O) groups excluding carboxylic acids is 1. The van der Waals surface area contributed by atoms with Gasteiger partial charge in [-0.3, -0.25) is 4.79 Å². The minimum absolute atomic E-state index is 0.170. The maximum atomic E-state index is 14.1. The van der Waals surface area contributed by atoms with E-state index in [1.54, 1.807) is 17.9 Å². The lowest BCUT2D eigenvalue weighted by atomic mass is 9.96. The van der Waals surface area contributed by atoms with E-state index >= 15 is 0 Å². The number of carbonyl (C=O) groups is 1. The average molecular weight is 435 g/mol. The smallest absolute Gasteiger partial charge is 0.378 e. The number of nitriles is 1. The van der Waals surface area contributed by atoms with Gasteiger partial charge in [-0.2, -0.15) is 18.4 Å². The van der Waals surface area contributed by atoms with Crippen LogP contribution in [0.3, 0.4) is 0 Å². The van der Waals surface area contributed by atoms with Crippen LogP contribution in [0.15, 0.2) is 30.3 Å². The second-order valence-corrected chi connectivity index (χ2v) is 7.85. The zero-order valence-corrected chi connectivity index (χ0v) is 17.0. The van der Waals surface area contributed by atoms with Crippen molar-refractivity contribution in [3.63, 3.8) is 0 Å². The minimum Gasteiger partial charge on any atom is -0.378 e. The third kappa shape index (κ3) is 4.80. The lowest BCUT2D eigenvalue weighted by Crippen LogP contribution is -2.50. The van der Waals surface area contributed by atoms with Crippen molar-refractivity contribution >= 4 is 17.3 Å². The molecule has 1 amide bonds. The fourth-order valence-electron chi connectivity index (χ4n) is 3.63. The van der Waals surface area contributed by atoms with E-state index in [1.807, 2.05) is 0 Å². The van der Waals surface area contributed by atoms with Crippen molar-refractivity contribution in [1.82, 2.24) is 0 Å². The van der Waals surface area contributed by atoms with E-state index < -0.39 is 34.6 Å². The van der Waals surface area contributed by atoms with Gasteiger partial charge in [0.25, 0.3) is 5.91 Å². The maximum absolute atomic E-state index is 14.1. The number of anilines is 2. The molecule has 0 aliphatic carbocycles. The molecule has 0 aromatic heterocycles. The summed E-state index contributed by atoms with van der Waals surface area (Å²) in [6.45, 7) is 3.23. The third-order valence-corrected chi connectivity index (χ3v) is 5.27. The van der Waals surface area contributed by atoms with Crippen molar-refractivity contribution in [3.8, 4) is 6.07 Å². The van der Waals surface area contributed by atoms with E-state index in [9.17, 15) is 27.5 Å². The first kappa shape index (κ1) is 22.6. The highest BCUT2D eigenvalue weighted by molar-refractivity contribution is 5.97. The van der Waals surface area contributed by atoms with Gasteiger partial charge in [-0.05, 0) is 62.1 Å². The van der Waals surface area contributed by atoms with E-state index in [1.165, 1.54) is 19.1 Å². The van der Waals surface area contributed by atoms with Crippen LogP contribution in [0, 0.1) is 24.1 Å². The predicted molar refractivity (Wildman–Crippen MR) is 107 cm³/mol. The summed E-state index contributed by atoms with van der Waals surface area (Å²) in [4.78, 5) is 14.3. The quantitative estimate of drug-likeness (QED) is 0.707. The monoisotopic (exact) mass is 435 g/mol. The summed E-state index contributed by atoms with van der Waals surface area (Å²) in [7, 11) is 0. The van der Waals surface area contributed by atoms with Gasteiger partial charge in [-0.15, -0.1) is 0 Å². The number of nitrogens with one attached hydrogen (secondary N) is 1. The Morgan fingerprint density at radius 3 is 2.65 bits per heavy atom. The van der Waals surface area contributed by atoms with Gasteiger partial charge in [0.2, 0.25) is 0 Å². The molecule has 1 aliphatic heterocycles. The Kier molecular flexibility index (Phi) is 5.96. The van der Waals surface area contributed by atoms with Crippen LogP contribution < -0.4 is 10.2 Å². The normalized spacial score (nSPS) is 15.6. The molecule has 31 heavy (non-hydrogen) atoms. The van der Waals surface area contributed by atoms with Gasteiger partial charge in [0, 0.05) is 17.9 Å². The standard InChI is InChI=1S/C22H21F4N3O2/c1-13-8-14-4-3-7-29(19(14)10-18(13)23)12-21(2,31)20(30)28-16-6-5-15(11-27)17(9-16)22(24,25)26/h5-6,8-10,31H,3-4,7,12H2,1-2H3,(H,28,30)/t21-/m0/s1. The van der Waals surface area contributed by atoms with Gasteiger partial charge in [0.05, 0.1) is 23.7 Å². The van der Waals surface area contributed by atoms with Crippen molar-refractivity contribution < 1.29 is 27.5 Å². The number of benzene rings is 2. The second-order valence-electron chi connectivity index (χ2n) is 7.85. The molecule has 0 spiro atoms. The topological polar surface area (TPSA) is 76.4 Å². The van der Waals surface area contributed by atoms with Crippen molar-refractivity contribution in [2.24, 2.45) is 0 Å². The highest BCUT2D eigenvalue weighted by Crippen LogP contribution is 2.34. The molecule has 164 valence electrons. The van der Waals surface area contributed by atoms with Gasteiger partial charge in [0.15, 0.2) is 5.60 Å². The summed E-state index contributed by atoms with van der Waals surface area (Å²) in [6.07, 6.45) is -3.28. The Morgan fingerprint density at radius 1 is 1.29 bits per heavy atom. The Labute approximate surface area is 176 Å². The number of β-amino-alcohol motifs (C(OH)–C–C–N with tert-alkyl or cyclic N) is 1. The van der Waals surface area contributed by atoms with Gasteiger partial charge >= 0.3 is 6.18 Å². The largest absolute Gasteiger partial charge is 0.417 e. The van der Waals surface area contributed by atoms with Gasteiger partial charge in [0.1, 0.15) is 5.82 Å². The summed E-state index contributed by atoms with van der Waals surface area (Å²) in [5.74, 6) is -1.31. The summed E-state index contributed by atoms with van der Waals surface area (Å²) in [5.41, 5.74) is -1.92. The zero-order chi connectivity index (χ0) is 23.0. The average Bonchev–Trinajstić information content (AvgIpc) is 2.68. The van der Waals surface area contributed by atoms with Crippen LogP contribution in [-0.2, 0) is 17.4 Å². The molecular formula is C22H21F4N3O2. The number of aryl methyl sites for hydroxylation is 2. The van der Waals surface area contributed by atoms with Crippen molar-refractivity contribution in [2.75, 3.05) is 23.3 Å². The fraction of sp³-hybridized carbons (Fsp3) is 0.364. The number of amides is 1. The summed E-state index contributed by atoms with van der Waals surface area (Å²) >= 11 is 0. The molecular weight excluding hydrogens is 414 g/mol. The van der Waals surface area contributed by atoms with E-state index in [0.29, 0.717) is 23.9 Å². The lowest BCUT2D eigenvalue weighted by molar-refractivity contribution is -0.138. The van der Waals surface area contributed by atoms with Crippen LogP contribution in [0.4, 0.5) is 28.9 Å². The molecule has 0 saturated heterocycles. The summed E-state index contributed by atoms with van der Waals surface area (Å²) in [6, 6.07) is 7.35. The van der Waals surface area contributed by atoms with Crippen molar-refractivity contribution in [2.45, 2.75) is 38.5 Å². The fourth-order valence-corrected chi connectivity index (χ4v) is 3.63. The number of nitrogens with zero attached hydrogens (tertiary/aromatic N) is 2. The Hall–Kier alpha value is -3.12. The molecule has 2 aromatic rings. The molecule has 5 nitrogen and oxygen atoms in total. The van der Waals surface area contributed by atoms with Crippen LogP contribution in [0.25, 0.3) is 0 Å². The first-order valence-electron chi connectivity index (χ1n) is 9.61. The van der Waals surface area contributed by atoms with Crippen LogP contribution in [0.5, 0.6) is 0 Å². The van der Waals surface area contributed by atoms with E-state index in [-0.39, 0.29) is 12.2 Å². The number of aliphatic hydroxyl groups is 1. The van der Waals surface area contributed by atoms with Crippen molar-refractivity contribution in [3.05, 3.63) is 58.4 Å². The molecule has 1 aliphatic rings. The Morgan fingerprint density at radius 2 is 2.00 bits per heavy atom. The molecule has 0 fully saturated rings. The molecule has 0 radical (unpaired) electrons. The molecule has 0 saturated carbocycles. The Bertz CT molecular complexity index is 1060. The molecule has 1 atom stereocenters. The number of alkyl halides is 3. The van der Waals surface area contributed by atoms with Gasteiger partial charge < -0.3 is 15.3 Å². The zero-order valence-electron chi connectivity index (χ0n) is 17.0. The van der Waals surface area contributed by atoms with Gasteiger partial charge in [-0.1, -0.05) is 6.07 Å². The van der Waals surface area contributed by atoms with Gasteiger partial charge in [-0.25, -0.2) is 4.39 Å². The lowest BCUT2D eigenvalue weighted by Gasteiger charge is -2.36. The number of fused-ring (bicyclic) bond motifs is 1. The predicted octanol–water partition coefficient (Wildman–Crippen LogP) is 4.17. The number of halogens is 4. The first-order valence-corrected chi connectivity index (χ1v) is 9.61. The first-order chi connectivity index (χ1) is 14.4. The second kappa shape index (κ2) is 8.19. The van der Waals surface area contributed by atoms with E-state index in [4.69, 9.17) is 5.26 Å². The number of hydrogen-bond donors (Lipinski definition) is 2. The SMILES string of the molecule is Cc1cc2c(cc1F)N(C[C@](C)(O)C(=O)Nc1ccc(C#N)c(C(F)(F)F)c1)CCC2. The van der Waals surface area contributed by atoms with E-state index in [2.05, 4.69) is 5.32 Å². The minimum atomic E-state index is -4.77. The maximum Gasteiger partial charge on any atom is 0.417 e. The molecule has 0 bridgehead atoms. The number of hydrogen-bond acceptors (Lipinski definition) is 4. The highest BCUT2D eigenvalue weighted by Gasteiger charge is 2.36. The highest BCUT2D eigenvalue weighted by atomic mass is 19.4. The van der Waals surface area contributed by atoms with E-state index in [0.717, 1.165) is 30.5 Å². The summed E-state index contributed by atoms with van der Waals surface area (Å²) < 4.78 is 53.5. The van der Waals surface area contributed by atoms with Crippen LogP contribution in [0.1, 0.15) is 35.6 Å². The van der Waals surface area contributed by atoms with Crippen LogP contribution in [0.2, 0.25) is 0 Å². The molecule has 1 heterocycles. The third-order valence-electron chi connectivity index (χ3n) is 5.27. The Balaban J connectivity index is 1.81. The summed E-state index contributed by atoms with van der Waals surface area (Å²) in [5, 5.41) is 21.9. The van der Waals surface area contributed by atoms with Crippen molar-refractivity contribution in [1.29, 1.82) is 5.26 Å². The molecule has 2 N–H and O–H groups in total. The number of rotatable bonds is 4. The molecule has 2 aromatic carbocycles. The van der Waals surface area contributed by atoms with Crippen LogP contribution >= 0.6 is 0 Å². The molecule has 0 unspecified atom stereocenters.